The molecule has 3 atom stereocenters. The minimum Gasteiger partial charge on any atom is -0.490 e. The predicted octanol–water partition coefficient (Wildman–Crippen LogP) is 6.65. The van der Waals surface area contributed by atoms with Crippen molar-refractivity contribution in [2.75, 3.05) is 32.5 Å². The van der Waals surface area contributed by atoms with Crippen LogP contribution in [0.25, 0.3) is 0 Å². The van der Waals surface area contributed by atoms with E-state index in [1.165, 1.54) is 4.90 Å². The van der Waals surface area contributed by atoms with Gasteiger partial charge < -0.3 is 25.2 Å². The van der Waals surface area contributed by atoms with Crippen LogP contribution in [-0.2, 0) is 15.0 Å². The van der Waals surface area contributed by atoms with Crippen molar-refractivity contribution in [2.45, 2.75) is 42.7 Å². The number of anilines is 1. The zero-order chi connectivity index (χ0) is 31.3. The molecule has 3 heterocycles. The van der Waals surface area contributed by atoms with Crippen molar-refractivity contribution in [2.24, 2.45) is 0 Å². The van der Waals surface area contributed by atoms with Crippen LogP contribution in [0.15, 0.2) is 59.1 Å². The molecule has 0 radical (unpaired) electrons. The molecule has 2 fully saturated rings. The fourth-order valence-corrected chi connectivity index (χ4v) is 7.51. The van der Waals surface area contributed by atoms with E-state index < -0.39 is 29.1 Å². The molecule has 44 heavy (non-hydrogen) atoms. The first-order valence-electron chi connectivity index (χ1n) is 14.3. The normalized spacial score (nSPS) is 23.3. The molecule has 0 bridgehead atoms. The number of hydrogen-bond donors (Lipinski definition) is 2. The Bertz CT molecular complexity index is 1670. The van der Waals surface area contributed by atoms with Crippen molar-refractivity contribution in [1.82, 2.24) is 15.1 Å². The summed E-state index contributed by atoms with van der Waals surface area (Å²) in [7, 11) is 3.41. The molecule has 3 aliphatic rings. The van der Waals surface area contributed by atoms with E-state index in [0.717, 1.165) is 0 Å². The number of amides is 4. The smallest absolute Gasteiger partial charge is 0.319 e. The zero-order valence-corrected chi connectivity index (χ0v) is 27.1. The summed E-state index contributed by atoms with van der Waals surface area (Å²) in [5.41, 5.74) is 0.337. The number of benzene rings is 3. The van der Waals surface area contributed by atoms with E-state index >= 15 is 4.39 Å². The summed E-state index contributed by atoms with van der Waals surface area (Å²) < 4.78 is 23.1. The largest absolute Gasteiger partial charge is 0.490 e. The lowest BCUT2D eigenvalue weighted by atomic mass is 9.59. The van der Waals surface area contributed by atoms with Gasteiger partial charge in [-0.2, -0.15) is 0 Å². The maximum atomic E-state index is 16.5. The summed E-state index contributed by atoms with van der Waals surface area (Å²) in [6.07, 6.45) is 0.719. The summed E-state index contributed by atoms with van der Waals surface area (Å²) in [5, 5.41) is 6.82. The van der Waals surface area contributed by atoms with Crippen LogP contribution in [0.5, 0.6) is 5.75 Å². The van der Waals surface area contributed by atoms with E-state index in [9.17, 15) is 14.4 Å². The van der Waals surface area contributed by atoms with Crippen LogP contribution in [0.4, 0.5) is 14.9 Å². The lowest BCUT2D eigenvalue weighted by Gasteiger charge is -2.47. The summed E-state index contributed by atoms with van der Waals surface area (Å²) in [4.78, 5) is 43.6. The molecule has 12 heteroatoms. The molecule has 230 valence electrons. The van der Waals surface area contributed by atoms with Gasteiger partial charge in [-0.05, 0) is 63.5 Å². The fourth-order valence-electron chi connectivity index (χ4n) is 6.79. The molecular formula is C32H30BrCl2FN4O4. The van der Waals surface area contributed by atoms with Gasteiger partial charge in [-0.1, -0.05) is 41.4 Å². The monoisotopic (exact) mass is 702 g/mol. The van der Waals surface area contributed by atoms with Gasteiger partial charge in [0, 0.05) is 68.1 Å². The minimum atomic E-state index is -1.47. The number of rotatable bonds is 4. The van der Waals surface area contributed by atoms with Gasteiger partial charge in [-0.15, -0.1) is 0 Å². The molecule has 8 nitrogen and oxygen atoms in total. The number of hydrogen-bond acceptors (Lipinski definition) is 4. The SMILES string of the molecule is CN(C)C(=O)N1CCC(Oc2ccc(Br)c(F)c2C2NC(=O)CC(c3cccc(Cl)c3)C23C(=O)Nc2cc(Cl)ccc23)CC1. The highest BCUT2D eigenvalue weighted by molar-refractivity contribution is 9.10. The maximum absolute atomic E-state index is 16.5. The van der Waals surface area contributed by atoms with Crippen LogP contribution >= 0.6 is 39.1 Å². The Morgan fingerprint density at radius 2 is 1.80 bits per heavy atom. The number of carbonyl (C=O) groups excluding carboxylic acids is 3. The van der Waals surface area contributed by atoms with Gasteiger partial charge in [-0.25, -0.2) is 9.18 Å². The molecule has 3 aliphatic heterocycles. The van der Waals surface area contributed by atoms with Crippen LogP contribution in [-0.4, -0.2) is 60.9 Å². The van der Waals surface area contributed by atoms with Crippen LogP contribution in [0, 0.1) is 5.82 Å². The molecule has 0 aromatic heterocycles. The fraction of sp³-hybridized carbons (Fsp3) is 0.344. The van der Waals surface area contributed by atoms with Crippen LogP contribution < -0.4 is 15.4 Å². The number of carbonyl (C=O) groups is 3. The summed E-state index contributed by atoms with van der Waals surface area (Å²) >= 11 is 16.0. The first kappa shape index (κ1) is 30.7. The van der Waals surface area contributed by atoms with E-state index in [1.807, 2.05) is 6.07 Å². The molecule has 2 saturated heterocycles. The topological polar surface area (TPSA) is 91.0 Å². The highest BCUT2D eigenvalue weighted by Crippen LogP contribution is 2.59. The molecule has 0 saturated carbocycles. The highest BCUT2D eigenvalue weighted by Gasteiger charge is 2.62. The Hall–Kier alpha value is -3.34. The second kappa shape index (κ2) is 11.9. The van der Waals surface area contributed by atoms with E-state index in [4.69, 9.17) is 27.9 Å². The standard InChI is InChI=1S/C32H30BrCl2FN4O4/c1-39(2)31(43)40-12-10-20(11-13-40)44-25-9-8-23(33)28(36)27(25)29-32(21-7-6-19(35)15-24(21)37-30(32)42)22(16-26(41)38-29)17-4-3-5-18(34)14-17/h3-9,14-15,20,22,29H,10-13,16H2,1-2H3,(H,37,42)(H,38,41). The predicted molar refractivity (Wildman–Crippen MR) is 170 cm³/mol. The molecule has 3 aromatic rings. The highest BCUT2D eigenvalue weighted by atomic mass is 79.9. The third kappa shape index (κ3) is 5.20. The van der Waals surface area contributed by atoms with Gasteiger partial charge in [0.15, 0.2) is 0 Å². The summed E-state index contributed by atoms with van der Waals surface area (Å²) in [5.74, 6) is -1.87. The van der Waals surface area contributed by atoms with Gasteiger partial charge >= 0.3 is 6.03 Å². The molecule has 6 rings (SSSR count). The van der Waals surface area contributed by atoms with E-state index in [1.54, 1.807) is 67.5 Å². The van der Waals surface area contributed by atoms with E-state index in [0.29, 0.717) is 52.8 Å². The van der Waals surface area contributed by atoms with Gasteiger partial charge in [0.2, 0.25) is 11.8 Å². The Morgan fingerprint density at radius 1 is 1.07 bits per heavy atom. The Morgan fingerprint density at radius 3 is 2.50 bits per heavy atom. The third-order valence-corrected chi connectivity index (χ3v) is 9.85. The summed E-state index contributed by atoms with van der Waals surface area (Å²) in [6.45, 7) is 0.959. The third-order valence-electron chi connectivity index (χ3n) is 8.77. The van der Waals surface area contributed by atoms with Crippen molar-refractivity contribution >= 4 is 62.7 Å². The van der Waals surface area contributed by atoms with Crippen molar-refractivity contribution in [3.8, 4) is 5.75 Å². The second-order valence-electron chi connectivity index (χ2n) is 11.6. The average Bonchev–Trinajstić information content (AvgIpc) is 3.27. The number of nitrogens with zero attached hydrogens (tertiary/aromatic N) is 2. The van der Waals surface area contributed by atoms with Crippen molar-refractivity contribution < 1.29 is 23.5 Å². The Labute approximate surface area is 272 Å². The number of urea groups is 1. The van der Waals surface area contributed by atoms with Gasteiger partial charge in [0.05, 0.1) is 16.1 Å². The van der Waals surface area contributed by atoms with Gasteiger partial charge in [0.25, 0.3) is 0 Å². The minimum absolute atomic E-state index is 0.0312. The first-order chi connectivity index (χ1) is 21.0. The molecule has 4 amide bonds. The number of ether oxygens (including phenoxy) is 1. The van der Waals surface area contributed by atoms with Crippen molar-refractivity contribution in [3.05, 3.63) is 91.6 Å². The second-order valence-corrected chi connectivity index (χ2v) is 13.3. The maximum Gasteiger partial charge on any atom is 0.319 e. The van der Waals surface area contributed by atoms with Crippen LogP contribution in [0.3, 0.4) is 0 Å². The average molecular weight is 704 g/mol. The van der Waals surface area contributed by atoms with Crippen molar-refractivity contribution in [3.63, 3.8) is 0 Å². The number of halogens is 4. The molecule has 2 N–H and O–H groups in total. The zero-order valence-electron chi connectivity index (χ0n) is 24.0. The molecular weight excluding hydrogens is 674 g/mol. The number of piperidine rings is 2. The Balaban J connectivity index is 1.48. The van der Waals surface area contributed by atoms with Crippen molar-refractivity contribution in [1.29, 1.82) is 0 Å². The molecule has 1 spiro atoms. The molecule has 3 unspecified atom stereocenters. The van der Waals surface area contributed by atoms with Crippen LogP contribution in [0.1, 0.15) is 47.9 Å². The number of likely N-dealkylation sites (tertiary alicyclic amines) is 1. The van der Waals surface area contributed by atoms with E-state index in [2.05, 4.69) is 26.6 Å². The number of fused-ring (bicyclic) bond motifs is 2. The van der Waals surface area contributed by atoms with E-state index in [-0.39, 0.29) is 40.2 Å². The van der Waals surface area contributed by atoms with Gasteiger partial charge in [0.1, 0.15) is 23.1 Å². The molecule has 0 aliphatic carbocycles. The number of nitrogens with one attached hydrogen (secondary N) is 2. The van der Waals surface area contributed by atoms with Gasteiger partial charge in [-0.3, -0.25) is 9.59 Å². The lowest BCUT2D eigenvalue weighted by Crippen LogP contribution is -2.57. The summed E-state index contributed by atoms with van der Waals surface area (Å²) in [6, 6.07) is 14.1. The lowest BCUT2D eigenvalue weighted by molar-refractivity contribution is -0.131. The Kier molecular flexibility index (Phi) is 8.28. The van der Waals surface area contributed by atoms with Crippen LogP contribution in [0.2, 0.25) is 10.0 Å². The molecule has 3 aromatic carbocycles. The quantitative estimate of drug-likeness (QED) is 0.318. The first-order valence-corrected chi connectivity index (χ1v) is 15.8.